The van der Waals surface area contributed by atoms with Gasteiger partial charge in [-0.05, 0) is 25.2 Å². The highest BCUT2D eigenvalue weighted by Crippen LogP contribution is 2.19. The zero-order chi connectivity index (χ0) is 11.5. The van der Waals surface area contributed by atoms with Crippen LogP contribution >= 0.6 is 11.6 Å². The molecule has 2 heteroatoms. The van der Waals surface area contributed by atoms with Crippen LogP contribution in [0.15, 0.2) is 0 Å². The second-order valence-electron chi connectivity index (χ2n) is 4.21. The van der Waals surface area contributed by atoms with Crippen LogP contribution in [0.3, 0.4) is 0 Å². The molecule has 0 aliphatic rings. The van der Waals surface area contributed by atoms with Crippen molar-refractivity contribution in [1.82, 2.24) is 0 Å². The molecule has 1 nitrogen and oxygen atoms in total. The number of ether oxygens (including phenoxy) is 1. The van der Waals surface area contributed by atoms with E-state index in [0.29, 0.717) is 5.92 Å². The Bertz CT molecular complexity index is 124. The predicted molar refractivity (Wildman–Crippen MR) is 68.4 cm³/mol. The van der Waals surface area contributed by atoms with Crippen LogP contribution in [0.4, 0.5) is 0 Å². The minimum atomic E-state index is -0.0776. The van der Waals surface area contributed by atoms with Crippen LogP contribution < -0.4 is 0 Å². The number of halogens is 1. The zero-order valence-corrected chi connectivity index (χ0v) is 11.4. The minimum Gasteiger partial charge on any atom is -0.362 e. The summed E-state index contributed by atoms with van der Waals surface area (Å²) in [6, 6.07) is 0. The van der Waals surface area contributed by atoms with E-state index in [4.69, 9.17) is 16.3 Å². The van der Waals surface area contributed by atoms with Crippen molar-refractivity contribution in [2.24, 2.45) is 5.92 Å². The lowest BCUT2D eigenvalue weighted by Crippen LogP contribution is -2.17. The summed E-state index contributed by atoms with van der Waals surface area (Å²) < 4.78 is 5.63. The normalized spacial score (nSPS) is 13.4. The Morgan fingerprint density at radius 2 is 1.53 bits per heavy atom. The van der Waals surface area contributed by atoms with Crippen molar-refractivity contribution < 1.29 is 4.74 Å². The van der Waals surface area contributed by atoms with E-state index in [2.05, 4.69) is 20.8 Å². The van der Waals surface area contributed by atoms with E-state index >= 15 is 0 Å². The summed E-state index contributed by atoms with van der Waals surface area (Å²) in [5.74, 6) is 0.516. The highest BCUT2D eigenvalue weighted by atomic mass is 35.5. The second-order valence-corrected chi connectivity index (χ2v) is 4.64. The fraction of sp³-hybridized carbons (Fsp3) is 1.00. The molecule has 0 spiro atoms. The maximum Gasteiger partial charge on any atom is 0.133 e. The largest absolute Gasteiger partial charge is 0.362 e. The Kier molecular flexibility index (Phi) is 10.9. The van der Waals surface area contributed by atoms with E-state index in [1.165, 1.54) is 25.7 Å². The topological polar surface area (TPSA) is 9.23 Å². The molecule has 0 aliphatic carbocycles. The number of hydrogen-bond donors (Lipinski definition) is 0. The molecule has 1 unspecified atom stereocenters. The number of alkyl halides is 1. The van der Waals surface area contributed by atoms with E-state index in [1.807, 2.05) is 0 Å². The molecule has 0 aliphatic heterocycles. The first-order valence-corrected chi connectivity index (χ1v) is 6.95. The van der Waals surface area contributed by atoms with Crippen LogP contribution in [0.2, 0.25) is 0 Å². The Morgan fingerprint density at radius 1 is 0.933 bits per heavy atom. The van der Waals surface area contributed by atoms with Gasteiger partial charge in [0.15, 0.2) is 0 Å². The van der Waals surface area contributed by atoms with Gasteiger partial charge in [-0.25, -0.2) is 0 Å². The molecule has 92 valence electrons. The molecule has 0 bridgehead atoms. The van der Waals surface area contributed by atoms with Crippen LogP contribution in [0, 0.1) is 5.92 Å². The van der Waals surface area contributed by atoms with Gasteiger partial charge in [0.25, 0.3) is 0 Å². The van der Waals surface area contributed by atoms with E-state index < -0.39 is 0 Å². The van der Waals surface area contributed by atoms with Crippen molar-refractivity contribution in [3.63, 3.8) is 0 Å². The maximum atomic E-state index is 6.16. The lowest BCUT2D eigenvalue weighted by Gasteiger charge is -2.19. The van der Waals surface area contributed by atoms with Gasteiger partial charge in [-0.15, -0.1) is 0 Å². The van der Waals surface area contributed by atoms with Gasteiger partial charge in [-0.1, -0.05) is 58.1 Å². The summed E-state index contributed by atoms with van der Waals surface area (Å²) in [5.41, 5.74) is -0.0776. The van der Waals surface area contributed by atoms with Crippen molar-refractivity contribution in [2.45, 2.75) is 71.3 Å². The van der Waals surface area contributed by atoms with Crippen molar-refractivity contribution in [1.29, 1.82) is 0 Å². The highest BCUT2D eigenvalue weighted by Gasteiger charge is 2.15. The van der Waals surface area contributed by atoms with Gasteiger partial charge >= 0.3 is 0 Å². The first-order valence-electron chi connectivity index (χ1n) is 6.51. The highest BCUT2D eigenvalue weighted by molar-refractivity contribution is 6.19. The standard InChI is InChI=1S/C13H27ClO/c1-4-7-8-9-10-11-15-13(14)12(5-2)6-3/h12-13H,4-11H2,1-3H3. The lowest BCUT2D eigenvalue weighted by molar-refractivity contribution is 0.0623. The van der Waals surface area contributed by atoms with Crippen molar-refractivity contribution in [2.75, 3.05) is 6.61 Å². The van der Waals surface area contributed by atoms with Crippen LogP contribution in [0.5, 0.6) is 0 Å². The van der Waals surface area contributed by atoms with E-state index in [-0.39, 0.29) is 5.56 Å². The third kappa shape index (κ3) is 8.10. The van der Waals surface area contributed by atoms with Crippen molar-refractivity contribution in [3.8, 4) is 0 Å². The minimum absolute atomic E-state index is 0.0776. The molecule has 15 heavy (non-hydrogen) atoms. The molecule has 0 aromatic rings. The molecular formula is C13H27ClO. The van der Waals surface area contributed by atoms with Gasteiger partial charge in [-0.2, -0.15) is 0 Å². The zero-order valence-electron chi connectivity index (χ0n) is 10.6. The molecule has 0 N–H and O–H groups in total. The number of unbranched alkanes of at least 4 members (excludes halogenated alkanes) is 4. The fourth-order valence-corrected chi connectivity index (χ4v) is 2.14. The van der Waals surface area contributed by atoms with Crippen molar-refractivity contribution in [3.05, 3.63) is 0 Å². The molecule has 1 atom stereocenters. The number of rotatable bonds is 10. The van der Waals surface area contributed by atoms with Crippen molar-refractivity contribution >= 4 is 11.6 Å². The summed E-state index contributed by atoms with van der Waals surface area (Å²) in [6.07, 6.45) is 8.63. The Balaban J connectivity index is 3.33. The Morgan fingerprint density at radius 3 is 2.07 bits per heavy atom. The molecule has 0 rings (SSSR count). The fourth-order valence-electron chi connectivity index (χ4n) is 1.70. The molecule has 0 aromatic heterocycles. The van der Waals surface area contributed by atoms with Gasteiger partial charge in [0, 0.05) is 6.61 Å². The summed E-state index contributed by atoms with van der Waals surface area (Å²) in [5, 5.41) is 0. The summed E-state index contributed by atoms with van der Waals surface area (Å²) in [7, 11) is 0. The van der Waals surface area contributed by atoms with E-state index in [0.717, 1.165) is 25.9 Å². The third-order valence-corrected chi connectivity index (χ3v) is 3.43. The van der Waals surface area contributed by atoms with Crippen LogP contribution in [-0.4, -0.2) is 12.2 Å². The van der Waals surface area contributed by atoms with Gasteiger partial charge < -0.3 is 4.74 Å². The molecule has 0 aromatic carbocycles. The monoisotopic (exact) mass is 234 g/mol. The average Bonchev–Trinajstić information content (AvgIpc) is 2.25. The lowest BCUT2D eigenvalue weighted by atomic mass is 10.1. The predicted octanol–water partition coefficient (Wildman–Crippen LogP) is 4.97. The molecule has 0 heterocycles. The van der Waals surface area contributed by atoms with Crippen LogP contribution in [0.1, 0.15) is 65.7 Å². The maximum absolute atomic E-state index is 6.16. The third-order valence-electron chi connectivity index (χ3n) is 2.94. The summed E-state index contributed by atoms with van der Waals surface area (Å²) in [4.78, 5) is 0. The van der Waals surface area contributed by atoms with Gasteiger partial charge in [0.2, 0.25) is 0 Å². The molecule has 0 saturated heterocycles. The molecule has 0 fully saturated rings. The first kappa shape index (κ1) is 15.2. The number of hydrogen-bond acceptors (Lipinski definition) is 1. The van der Waals surface area contributed by atoms with Gasteiger partial charge in [0.05, 0.1) is 0 Å². The average molecular weight is 235 g/mol. The molecular weight excluding hydrogens is 208 g/mol. The quantitative estimate of drug-likeness (QED) is 0.383. The van der Waals surface area contributed by atoms with E-state index in [1.54, 1.807) is 0 Å². The summed E-state index contributed by atoms with van der Waals surface area (Å²) >= 11 is 6.16. The molecule has 0 amide bonds. The van der Waals surface area contributed by atoms with E-state index in [9.17, 15) is 0 Å². The smallest absolute Gasteiger partial charge is 0.133 e. The van der Waals surface area contributed by atoms with Gasteiger partial charge in [-0.3, -0.25) is 0 Å². The van der Waals surface area contributed by atoms with Gasteiger partial charge in [0.1, 0.15) is 5.56 Å². The van der Waals surface area contributed by atoms with Crippen LogP contribution in [0.25, 0.3) is 0 Å². The van der Waals surface area contributed by atoms with Crippen LogP contribution in [-0.2, 0) is 4.74 Å². The molecule has 0 saturated carbocycles. The Hall–Kier alpha value is 0.250. The second kappa shape index (κ2) is 10.8. The SMILES string of the molecule is CCCCCCCOC(Cl)C(CC)CC. The Labute approximate surface area is 101 Å². The summed E-state index contributed by atoms with van der Waals surface area (Å²) in [6.45, 7) is 7.41. The molecule has 0 radical (unpaired) electrons. The first-order chi connectivity index (χ1) is 7.26.